The summed E-state index contributed by atoms with van der Waals surface area (Å²) in [6, 6.07) is 13.3. The zero-order valence-electron chi connectivity index (χ0n) is 31.6. The number of benzene rings is 2. The Morgan fingerprint density at radius 3 is 2.55 bits per heavy atom. The van der Waals surface area contributed by atoms with Gasteiger partial charge in [0.1, 0.15) is 35.7 Å². The van der Waals surface area contributed by atoms with E-state index in [1.54, 1.807) is 17.3 Å². The molecule has 0 radical (unpaired) electrons. The summed E-state index contributed by atoms with van der Waals surface area (Å²) in [6.07, 6.45) is 8.09. The molecule has 6 aliphatic rings. The van der Waals surface area contributed by atoms with E-state index in [4.69, 9.17) is 9.47 Å². The first-order valence-corrected chi connectivity index (χ1v) is 20.2. The quantitative estimate of drug-likeness (QED) is 0.222. The number of nitrogens with zero attached hydrogens (tertiary/aromatic N) is 6. The first kappa shape index (κ1) is 35.5. The normalized spacial score (nSPS) is 28.0. The molecule has 2 aromatic heterocycles. The van der Waals surface area contributed by atoms with Gasteiger partial charge in [-0.1, -0.05) is 12.1 Å². The number of nitrogens with one attached hydrogen (secondary N) is 2. The van der Waals surface area contributed by atoms with Gasteiger partial charge in [-0.15, -0.1) is 0 Å². The fourth-order valence-electron chi connectivity index (χ4n) is 9.37. The number of amides is 3. The smallest absolute Gasteiger partial charge is 0.255 e. The highest BCUT2D eigenvalue weighted by Crippen LogP contribution is 2.41. The van der Waals surface area contributed by atoms with Crippen LogP contribution in [0.4, 0.5) is 10.2 Å². The van der Waals surface area contributed by atoms with E-state index >= 15 is 4.39 Å². The van der Waals surface area contributed by atoms with Crippen molar-refractivity contribution in [2.75, 3.05) is 31.1 Å². The van der Waals surface area contributed by atoms with Crippen LogP contribution in [0.5, 0.6) is 5.75 Å². The number of likely N-dealkylation sites (tertiary alicyclic amines) is 1. The Morgan fingerprint density at radius 2 is 1.77 bits per heavy atom. The molecule has 2 N–H and O–H groups in total. The first-order chi connectivity index (χ1) is 27.2. The molecule has 0 bridgehead atoms. The van der Waals surface area contributed by atoms with Crippen LogP contribution in [0.1, 0.15) is 92.1 Å². The highest BCUT2D eigenvalue weighted by molar-refractivity contribution is 6.05. The molecule has 4 aromatic rings. The van der Waals surface area contributed by atoms with Crippen LogP contribution in [-0.4, -0.2) is 110 Å². The van der Waals surface area contributed by atoms with Crippen LogP contribution in [0.15, 0.2) is 48.8 Å². The van der Waals surface area contributed by atoms with Gasteiger partial charge >= 0.3 is 0 Å². The third kappa shape index (κ3) is 6.70. The van der Waals surface area contributed by atoms with Crippen molar-refractivity contribution < 1.29 is 28.2 Å². The predicted molar refractivity (Wildman–Crippen MR) is 205 cm³/mol. The van der Waals surface area contributed by atoms with Crippen LogP contribution in [0.25, 0.3) is 22.3 Å². The third-order valence-corrected chi connectivity index (χ3v) is 13.0. The molecule has 2 saturated carbocycles. The number of hydrogen-bond acceptors (Lipinski definition) is 10. The molecule has 56 heavy (non-hydrogen) atoms. The van der Waals surface area contributed by atoms with E-state index in [-0.39, 0.29) is 42.0 Å². The number of ether oxygens (including phenoxy) is 2. The van der Waals surface area contributed by atoms with Crippen LogP contribution >= 0.6 is 0 Å². The molecule has 14 heteroatoms. The maximum absolute atomic E-state index is 15.8. The number of halogens is 1. The second-order valence-corrected chi connectivity index (χ2v) is 16.9. The SMILES string of the molecule is CC1(Oc2ccc3n[nH]c(-c4cc(N5CCC(OC6CC(N7CC[C@@H](c8ccc9c(c8)CN(C8CCC(=O)NC8=O)C9=O)[C@@H](F)C7)C6)CC5)ncn4)c3c2)CC1. The van der Waals surface area contributed by atoms with E-state index in [1.165, 1.54) is 0 Å². The molecule has 2 aliphatic carbocycles. The van der Waals surface area contributed by atoms with Gasteiger partial charge in [0, 0.05) is 61.6 Å². The maximum atomic E-state index is 15.8. The number of piperidine rings is 3. The third-order valence-electron chi connectivity index (χ3n) is 13.0. The van der Waals surface area contributed by atoms with Crippen LogP contribution in [0.2, 0.25) is 0 Å². The Bertz CT molecular complexity index is 2190. The van der Waals surface area contributed by atoms with Gasteiger partial charge in [-0.3, -0.25) is 29.7 Å². The average Bonchev–Trinajstić information content (AvgIpc) is 3.61. The van der Waals surface area contributed by atoms with Gasteiger partial charge in [0.15, 0.2) is 0 Å². The zero-order chi connectivity index (χ0) is 38.1. The molecule has 3 atom stereocenters. The van der Waals surface area contributed by atoms with Gasteiger partial charge in [0.2, 0.25) is 11.8 Å². The van der Waals surface area contributed by atoms with Crippen LogP contribution in [0.3, 0.4) is 0 Å². The molecule has 6 heterocycles. The number of alkyl halides is 1. The minimum Gasteiger partial charge on any atom is -0.488 e. The molecule has 2 aromatic carbocycles. The van der Waals surface area contributed by atoms with Crippen molar-refractivity contribution in [3.05, 3.63) is 65.5 Å². The summed E-state index contributed by atoms with van der Waals surface area (Å²) in [6.45, 7) is 5.35. The number of carbonyl (C=O) groups excluding carboxylic acids is 3. The van der Waals surface area contributed by atoms with Crippen LogP contribution < -0.4 is 15.0 Å². The van der Waals surface area contributed by atoms with Crippen LogP contribution in [0, 0.1) is 0 Å². The van der Waals surface area contributed by atoms with Gasteiger partial charge in [0.05, 0.1) is 29.1 Å². The number of fused-ring (bicyclic) bond motifs is 2. The Labute approximate surface area is 324 Å². The Kier molecular flexibility index (Phi) is 8.81. The number of hydrogen-bond donors (Lipinski definition) is 2. The molecule has 13 nitrogen and oxygen atoms in total. The second kappa shape index (κ2) is 13.9. The molecule has 1 unspecified atom stereocenters. The monoisotopic (exact) mass is 762 g/mol. The lowest BCUT2D eigenvalue weighted by Crippen LogP contribution is -2.54. The number of H-pyrrole nitrogens is 1. The van der Waals surface area contributed by atoms with E-state index in [1.807, 2.05) is 36.4 Å². The van der Waals surface area contributed by atoms with Crippen molar-refractivity contribution in [1.82, 2.24) is 35.3 Å². The van der Waals surface area contributed by atoms with Gasteiger partial charge in [-0.05, 0) is 100 Å². The molecule has 10 rings (SSSR count). The first-order valence-electron chi connectivity index (χ1n) is 20.2. The summed E-state index contributed by atoms with van der Waals surface area (Å²) in [5.74, 6) is 0.567. The van der Waals surface area contributed by atoms with E-state index in [9.17, 15) is 14.4 Å². The van der Waals surface area contributed by atoms with Crippen molar-refractivity contribution in [3.63, 3.8) is 0 Å². The number of carbonyl (C=O) groups is 3. The van der Waals surface area contributed by atoms with Gasteiger partial charge in [0.25, 0.3) is 5.91 Å². The predicted octanol–water partition coefficient (Wildman–Crippen LogP) is 5.06. The largest absolute Gasteiger partial charge is 0.488 e. The zero-order valence-corrected chi connectivity index (χ0v) is 31.6. The standard InChI is InChI=1S/C42H47FN8O5/c1-42(11-12-42)56-28-3-5-34-32(19-28)39(48-47-34)35-20-37(45-23-44-35)49-13-8-27(9-14-49)55-29-17-26(18-29)50-15-10-30(33(43)22-50)24-2-4-31-25(16-24)21-51(41(31)54)36-6-7-38(52)46-40(36)53/h2-5,16,19-20,23,26-27,29-30,33,36H,6-15,17-18,21-22H2,1H3,(H,47,48)(H,46,52,53)/t26?,29?,30-,33-,36?/m0/s1. The van der Waals surface area contributed by atoms with E-state index in [0.29, 0.717) is 37.5 Å². The lowest BCUT2D eigenvalue weighted by Gasteiger charge is -2.47. The van der Waals surface area contributed by atoms with E-state index in [2.05, 4.69) is 42.2 Å². The Balaban J connectivity index is 0.693. The molecule has 4 aliphatic heterocycles. The second-order valence-electron chi connectivity index (χ2n) is 16.9. The van der Waals surface area contributed by atoms with Crippen molar-refractivity contribution in [3.8, 4) is 17.1 Å². The van der Waals surface area contributed by atoms with Crippen molar-refractivity contribution in [2.45, 2.75) is 113 Å². The summed E-state index contributed by atoms with van der Waals surface area (Å²) in [5, 5.41) is 11.0. The fraction of sp³-hybridized carbons (Fsp3) is 0.524. The molecule has 5 fully saturated rings. The van der Waals surface area contributed by atoms with Crippen molar-refractivity contribution in [1.29, 1.82) is 0 Å². The van der Waals surface area contributed by atoms with Crippen molar-refractivity contribution >= 4 is 34.4 Å². The molecular formula is C42H47FN8O5. The minimum absolute atomic E-state index is 0.0577. The van der Waals surface area contributed by atoms with Crippen molar-refractivity contribution in [2.24, 2.45) is 0 Å². The number of imide groups is 1. The number of rotatable bonds is 9. The van der Waals surface area contributed by atoms with Gasteiger partial charge in [-0.25, -0.2) is 14.4 Å². The summed E-state index contributed by atoms with van der Waals surface area (Å²) >= 11 is 0. The molecule has 3 amide bonds. The lowest BCUT2D eigenvalue weighted by atomic mass is 9.82. The molecular weight excluding hydrogens is 716 g/mol. The molecule has 3 saturated heterocycles. The Hall–Kier alpha value is -4.95. The summed E-state index contributed by atoms with van der Waals surface area (Å²) in [7, 11) is 0. The summed E-state index contributed by atoms with van der Waals surface area (Å²) < 4.78 is 28.6. The topological polar surface area (TPSA) is 146 Å². The van der Waals surface area contributed by atoms with E-state index in [0.717, 1.165) is 103 Å². The highest BCUT2D eigenvalue weighted by Gasteiger charge is 2.43. The summed E-state index contributed by atoms with van der Waals surface area (Å²) in [4.78, 5) is 52.5. The Morgan fingerprint density at radius 1 is 0.929 bits per heavy atom. The number of aromatic nitrogens is 4. The minimum atomic E-state index is -1.01. The van der Waals surface area contributed by atoms with Crippen LogP contribution in [-0.2, 0) is 20.9 Å². The number of aromatic amines is 1. The molecule has 292 valence electrons. The summed E-state index contributed by atoms with van der Waals surface area (Å²) in [5.41, 5.74) is 4.76. The van der Waals surface area contributed by atoms with Gasteiger partial charge < -0.3 is 19.3 Å². The molecule has 0 spiro atoms. The fourth-order valence-corrected chi connectivity index (χ4v) is 9.37. The average molecular weight is 763 g/mol. The maximum Gasteiger partial charge on any atom is 0.255 e. The lowest BCUT2D eigenvalue weighted by molar-refractivity contribution is -0.136. The van der Waals surface area contributed by atoms with E-state index < -0.39 is 18.1 Å². The highest BCUT2D eigenvalue weighted by atomic mass is 19.1. The number of anilines is 1. The van der Waals surface area contributed by atoms with Gasteiger partial charge in [-0.2, -0.15) is 5.10 Å².